The highest BCUT2D eigenvalue weighted by Crippen LogP contribution is 2.56. The maximum absolute atomic E-state index is 13.6. The van der Waals surface area contributed by atoms with Crippen LogP contribution < -0.4 is 10.6 Å². The van der Waals surface area contributed by atoms with E-state index in [1.165, 1.54) is 25.5 Å². The molecule has 0 aliphatic heterocycles. The Hall–Kier alpha value is -1.41. The van der Waals surface area contributed by atoms with Gasteiger partial charge in [0, 0.05) is 37.0 Å². The number of hydrogen-bond donors (Lipinski definition) is 2. The third-order valence-corrected chi connectivity index (χ3v) is 6.61. The molecule has 0 spiro atoms. The van der Waals surface area contributed by atoms with E-state index in [0.29, 0.717) is 24.4 Å². The molecule has 1 heterocycles. The fourth-order valence-electron chi connectivity index (χ4n) is 5.94. The molecule has 1 aromatic heterocycles. The lowest BCUT2D eigenvalue weighted by Crippen LogP contribution is -2.55. The van der Waals surface area contributed by atoms with Crippen LogP contribution in [0.4, 0.5) is 19.1 Å². The van der Waals surface area contributed by atoms with E-state index in [-0.39, 0.29) is 29.6 Å². The summed E-state index contributed by atoms with van der Waals surface area (Å²) in [5.41, 5.74) is -0.914. The van der Waals surface area contributed by atoms with Crippen molar-refractivity contribution in [1.29, 1.82) is 0 Å². The van der Waals surface area contributed by atoms with Crippen LogP contribution in [-0.4, -0.2) is 35.3 Å². The molecule has 4 fully saturated rings. The van der Waals surface area contributed by atoms with Crippen molar-refractivity contribution in [2.45, 2.75) is 69.8 Å². The molecule has 2 N–H and O–H groups in total. The molecular weight excluding hydrogens is 369 g/mol. The van der Waals surface area contributed by atoms with Crippen LogP contribution in [0, 0.1) is 17.8 Å². The summed E-state index contributed by atoms with van der Waals surface area (Å²) in [6.07, 6.45) is 3.72. The van der Waals surface area contributed by atoms with Gasteiger partial charge in [0.15, 0.2) is 5.69 Å². The zero-order valence-electron chi connectivity index (χ0n) is 16.5. The van der Waals surface area contributed by atoms with Crippen LogP contribution in [0.3, 0.4) is 0 Å². The minimum Gasteiger partial charge on any atom is -0.383 e. The van der Waals surface area contributed by atoms with Crippen LogP contribution in [0.15, 0.2) is 6.20 Å². The molecule has 0 saturated heterocycles. The van der Waals surface area contributed by atoms with Gasteiger partial charge in [-0.2, -0.15) is 13.2 Å². The van der Waals surface area contributed by atoms with Crippen LogP contribution >= 0.6 is 0 Å². The Morgan fingerprint density at radius 2 is 1.79 bits per heavy atom. The van der Waals surface area contributed by atoms with Crippen molar-refractivity contribution < 1.29 is 17.9 Å². The highest BCUT2D eigenvalue weighted by atomic mass is 19.4. The molecule has 156 valence electrons. The lowest BCUT2D eigenvalue weighted by Gasteiger charge is -2.56. The van der Waals surface area contributed by atoms with Crippen molar-refractivity contribution in [2.24, 2.45) is 17.8 Å². The van der Waals surface area contributed by atoms with Crippen molar-refractivity contribution in [3.8, 4) is 0 Å². The average Bonchev–Trinajstić information content (AvgIpc) is 2.58. The molecule has 4 aliphatic carbocycles. The van der Waals surface area contributed by atoms with Crippen molar-refractivity contribution in [1.82, 2.24) is 15.3 Å². The molecule has 4 aliphatic rings. The molecule has 4 bridgehead atoms. The fourth-order valence-corrected chi connectivity index (χ4v) is 5.94. The number of ether oxygens (including phenoxy) is 1. The molecule has 28 heavy (non-hydrogen) atoms. The van der Waals surface area contributed by atoms with Gasteiger partial charge in [-0.05, 0) is 63.2 Å². The molecule has 1 aromatic rings. The first kappa shape index (κ1) is 19.9. The monoisotopic (exact) mass is 398 g/mol. The summed E-state index contributed by atoms with van der Waals surface area (Å²) in [5, 5.41) is 6.38. The Labute approximate surface area is 163 Å². The lowest BCUT2D eigenvalue weighted by atomic mass is 9.53. The third-order valence-electron chi connectivity index (χ3n) is 6.61. The van der Waals surface area contributed by atoms with E-state index in [0.717, 1.165) is 19.3 Å². The van der Waals surface area contributed by atoms with E-state index in [1.54, 1.807) is 7.11 Å². The van der Waals surface area contributed by atoms with Crippen molar-refractivity contribution in [2.75, 3.05) is 19.0 Å². The van der Waals surface area contributed by atoms with E-state index in [4.69, 9.17) is 4.74 Å². The number of methoxy groups -OCH3 is 1. The number of anilines is 1. The molecule has 1 atom stereocenters. The van der Waals surface area contributed by atoms with Crippen molar-refractivity contribution in [3.05, 3.63) is 17.5 Å². The summed E-state index contributed by atoms with van der Waals surface area (Å²) >= 11 is 0. The van der Waals surface area contributed by atoms with Gasteiger partial charge in [-0.3, -0.25) is 0 Å². The Bertz CT molecular complexity index is 674. The van der Waals surface area contributed by atoms with Gasteiger partial charge in [-0.15, -0.1) is 0 Å². The van der Waals surface area contributed by atoms with Crippen LogP contribution in [0.5, 0.6) is 0 Å². The van der Waals surface area contributed by atoms with E-state index >= 15 is 0 Å². The molecule has 5 rings (SSSR count). The van der Waals surface area contributed by atoms with Gasteiger partial charge in [-0.25, -0.2) is 9.97 Å². The van der Waals surface area contributed by atoms with Gasteiger partial charge < -0.3 is 15.4 Å². The summed E-state index contributed by atoms with van der Waals surface area (Å²) in [6.45, 7) is 2.34. The number of rotatable bonds is 7. The normalized spacial score (nSPS) is 32.5. The predicted molar refractivity (Wildman–Crippen MR) is 99.7 cm³/mol. The molecule has 0 radical (unpaired) electrons. The second-order valence-corrected chi connectivity index (χ2v) is 9.13. The van der Waals surface area contributed by atoms with Crippen molar-refractivity contribution in [3.63, 3.8) is 0 Å². The summed E-state index contributed by atoms with van der Waals surface area (Å²) in [5.74, 6) is 2.22. The highest BCUT2D eigenvalue weighted by Gasteiger charge is 2.51. The minimum atomic E-state index is -4.51. The zero-order chi connectivity index (χ0) is 19.9. The number of alkyl halides is 3. The number of aromatic nitrogens is 2. The quantitative estimate of drug-likeness (QED) is 0.727. The Morgan fingerprint density at radius 3 is 2.32 bits per heavy atom. The fraction of sp³-hybridized carbons (Fsp3) is 0.800. The molecule has 1 unspecified atom stereocenters. The van der Waals surface area contributed by atoms with Gasteiger partial charge in [0.05, 0.1) is 6.61 Å². The number of halogens is 3. The molecular formula is C20H29F3N4O. The van der Waals surface area contributed by atoms with Gasteiger partial charge in [0.25, 0.3) is 0 Å². The minimum absolute atomic E-state index is 0.0526. The van der Waals surface area contributed by atoms with Gasteiger partial charge in [-0.1, -0.05) is 0 Å². The lowest BCUT2D eigenvalue weighted by molar-refractivity contribution is -0.141. The van der Waals surface area contributed by atoms with E-state index in [1.807, 2.05) is 6.92 Å². The van der Waals surface area contributed by atoms with Crippen molar-refractivity contribution >= 4 is 5.95 Å². The smallest absolute Gasteiger partial charge is 0.383 e. The standard InChI is InChI=1S/C20H29F3N4O/c1-12(11-28-2)24-9-16-10-25-18(26-17(16)20(21,22)23)27-19-6-13-3-14(7-19)5-15(4-13)8-19/h10,12-15,24H,3-9,11H2,1-2H3,(H,25,26,27). The third kappa shape index (κ3) is 4.13. The van der Waals surface area contributed by atoms with Gasteiger partial charge in [0.2, 0.25) is 5.95 Å². The van der Waals surface area contributed by atoms with E-state index < -0.39 is 11.9 Å². The second kappa shape index (κ2) is 7.44. The molecule has 4 saturated carbocycles. The summed E-state index contributed by atoms with van der Waals surface area (Å²) in [6, 6.07) is -0.0593. The Kier molecular flexibility index (Phi) is 5.29. The maximum Gasteiger partial charge on any atom is 0.433 e. The Morgan fingerprint density at radius 1 is 1.18 bits per heavy atom. The second-order valence-electron chi connectivity index (χ2n) is 9.13. The molecule has 0 aromatic carbocycles. The molecule has 8 heteroatoms. The van der Waals surface area contributed by atoms with Crippen LogP contribution in [0.1, 0.15) is 56.7 Å². The zero-order valence-corrected chi connectivity index (χ0v) is 16.5. The summed E-state index contributed by atoms with van der Waals surface area (Å²) in [7, 11) is 1.56. The van der Waals surface area contributed by atoms with E-state index in [2.05, 4.69) is 20.6 Å². The van der Waals surface area contributed by atoms with Gasteiger partial charge >= 0.3 is 6.18 Å². The molecule has 0 amide bonds. The van der Waals surface area contributed by atoms with Gasteiger partial charge in [0.1, 0.15) is 0 Å². The highest BCUT2D eigenvalue weighted by molar-refractivity contribution is 5.35. The first-order chi connectivity index (χ1) is 13.3. The SMILES string of the molecule is COCC(C)NCc1cnc(NC23CC4CC(CC(C4)C2)C3)nc1C(F)(F)F. The first-order valence-electron chi connectivity index (χ1n) is 10.2. The largest absolute Gasteiger partial charge is 0.433 e. The van der Waals surface area contributed by atoms with Crippen LogP contribution in [0.25, 0.3) is 0 Å². The number of nitrogens with zero attached hydrogens (tertiary/aromatic N) is 2. The van der Waals surface area contributed by atoms with E-state index in [9.17, 15) is 13.2 Å². The number of nitrogens with one attached hydrogen (secondary N) is 2. The van der Waals surface area contributed by atoms with Crippen LogP contribution in [0.2, 0.25) is 0 Å². The predicted octanol–water partition coefficient (Wildman–Crippen LogP) is 4.00. The average molecular weight is 398 g/mol. The molecule has 5 nitrogen and oxygen atoms in total. The van der Waals surface area contributed by atoms with Crippen LogP contribution in [-0.2, 0) is 17.5 Å². The number of hydrogen-bond acceptors (Lipinski definition) is 5. The Balaban J connectivity index is 1.52. The maximum atomic E-state index is 13.6. The first-order valence-corrected chi connectivity index (χ1v) is 10.2. The summed E-state index contributed by atoms with van der Waals surface area (Å²) < 4.78 is 45.9. The topological polar surface area (TPSA) is 59.1 Å². The summed E-state index contributed by atoms with van der Waals surface area (Å²) in [4.78, 5) is 8.18.